The number of fused-ring (bicyclic) bond motifs is 1. The molecule has 18 heteroatoms. The van der Waals surface area contributed by atoms with Gasteiger partial charge in [0.05, 0.1) is 24.3 Å². The summed E-state index contributed by atoms with van der Waals surface area (Å²) >= 11 is 0. The molecule has 3 aromatic carbocycles. The van der Waals surface area contributed by atoms with E-state index >= 15 is 0 Å². The topological polar surface area (TPSA) is 299 Å². The number of aliphatic hydroxyl groups is 6. The molecule has 290 valence electrons. The second kappa shape index (κ2) is 15.6. The average molecular weight is 760 g/mol. The third-order valence-corrected chi connectivity index (χ3v) is 9.05. The van der Waals surface area contributed by atoms with Crippen LogP contribution in [0.25, 0.3) is 12.2 Å². The van der Waals surface area contributed by atoms with E-state index in [-0.39, 0.29) is 39.9 Å². The first kappa shape index (κ1) is 38.4. The minimum Gasteiger partial charge on any atom is -0.571 e. The highest BCUT2D eigenvalue weighted by atomic mass is 16.7. The Morgan fingerprint density at radius 2 is 1.44 bits per heavy atom. The molecule has 11 atom stereocenters. The van der Waals surface area contributed by atoms with E-state index in [1.807, 2.05) is 0 Å². The molecular formula is C36H39O18+. The van der Waals surface area contributed by atoms with Gasteiger partial charge >= 0.3 is 5.97 Å². The number of phenolic OH excluding ortho intramolecular Hbond substituents is 6. The molecular weight excluding hydrogens is 720 g/mol. The summed E-state index contributed by atoms with van der Waals surface area (Å²) in [5.74, 6) is -3.21. The summed E-state index contributed by atoms with van der Waals surface area (Å²) in [7, 11) is 0. The highest BCUT2D eigenvalue weighted by Gasteiger charge is 2.49. The third-order valence-electron chi connectivity index (χ3n) is 9.05. The lowest BCUT2D eigenvalue weighted by Crippen LogP contribution is -2.61. The normalized spacial score (nSPS) is 30.9. The lowest BCUT2D eigenvalue weighted by Gasteiger charge is -2.43. The molecule has 12 N–H and O–H groups in total. The van der Waals surface area contributed by atoms with Gasteiger partial charge < -0.3 is 84.6 Å². The summed E-state index contributed by atoms with van der Waals surface area (Å²) < 4.78 is 32.9. The molecule has 0 amide bonds. The largest absolute Gasteiger partial charge is 0.571 e. The molecule has 0 aliphatic carbocycles. The maximum Gasteiger partial charge on any atom is 0.331 e. The van der Waals surface area contributed by atoms with Crippen LogP contribution in [0.3, 0.4) is 0 Å². The van der Waals surface area contributed by atoms with Crippen LogP contribution in [0.15, 0.2) is 60.4 Å². The van der Waals surface area contributed by atoms with E-state index in [9.17, 15) is 61.0 Å². The zero-order valence-electron chi connectivity index (χ0n) is 28.2. The van der Waals surface area contributed by atoms with Crippen molar-refractivity contribution in [2.24, 2.45) is 0 Å². The van der Waals surface area contributed by atoms with E-state index < -0.39 is 97.3 Å². The quantitative estimate of drug-likeness (QED) is 0.0601. The zero-order chi connectivity index (χ0) is 39.0. The number of esters is 1. The third kappa shape index (κ3) is 7.96. The van der Waals surface area contributed by atoms with Crippen molar-refractivity contribution in [3.8, 4) is 40.2 Å². The molecule has 11 unspecified atom stereocenters. The SMILES string of the molecule is CC1OC(OCC2OC(OC3=Cc4c(O)cc(O)cc4[OH+]C3c3ccc(O)c(O)c3)C(O)C(O)C2O)C(O)C(O)C1OC(=O)C=Cc1ccc(O)c(O)c1. The molecule has 3 aromatic rings. The molecule has 2 saturated heterocycles. The number of benzene rings is 3. The number of phenols is 6. The fourth-order valence-electron chi connectivity index (χ4n) is 6.10. The van der Waals surface area contributed by atoms with Crippen LogP contribution in [-0.2, 0) is 28.5 Å². The standard InChI is InChI=1S/C36H38O18/c1-14-33(54-27(43)7-3-15-2-5-19(38)22(41)8-15)30(46)32(48)35(50-14)49-13-26-28(44)29(45)31(47)36(53-26)52-25-12-18-21(40)10-17(37)11-24(18)51-34(25)16-4-6-20(39)23(42)9-16/h2-12,14,26,28-42,44-48H,13H2,1H3/p+1. The Hall–Kier alpha value is -5.31. The number of hydrogen-bond donors (Lipinski definition) is 11. The minimum atomic E-state index is -1.86. The van der Waals surface area contributed by atoms with Gasteiger partial charge in [0.2, 0.25) is 6.29 Å². The van der Waals surface area contributed by atoms with Gasteiger partial charge in [0.15, 0.2) is 41.2 Å². The average Bonchev–Trinajstić information content (AvgIpc) is 3.13. The van der Waals surface area contributed by atoms with Crippen LogP contribution in [0.2, 0.25) is 0 Å². The monoisotopic (exact) mass is 759 g/mol. The molecule has 2 fully saturated rings. The van der Waals surface area contributed by atoms with Crippen molar-refractivity contribution in [2.45, 2.75) is 74.4 Å². The fraction of sp³-hybridized carbons (Fsp3) is 0.361. The van der Waals surface area contributed by atoms with Gasteiger partial charge in [-0.05, 0) is 48.9 Å². The second-order valence-electron chi connectivity index (χ2n) is 12.9. The molecule has 0 bridgehead atoms. The van der Waals surface area contributed by atoms with Crippen molar-refractivity contribution in [3.05, 3.63) is 77.1 Å². The van der Waals surface area contributed by atoms with Crippen LogP contribution >= 0.6 is 0 Å². The predicted molar refractivity (Wildman–Crippen MR) is 181 cm³/mol. The van der Waals surface area contributed by atoms with Crippen molar-refractivity contribution in [2.75, 3.05) is 6.61 Å². The maximum absolute atomic E-state index is 12.5. The van der Waals surface area contributed by atoms with Crippen LogP contribution in [0.4, 0.5) is 0 Å². The first-order valence-corrected chi connectivity index (χ1v) is 16.5. The van der Waals surface area contributed by atoms with Crippen molar-refractivity contribution < 1.29 is 89.4 Å². The van der Waals surface area contributed by atoms with E-state index in [0.717, 1.165) is 12.1 Å². The first-order chi connectivity index (χ1) is 25.6. The van der Waals surface area contributed by atoms with E-state index in [0.29, 0.717) is 5.56 Å². The molecule has 3 heterocycles. The molecule has 18 nitrogen and oxygen atoms in total. The predicted octanol–water partition coefficient (Wildman–Crippen LogP) is 0.190. The fourth-order valence-corrected chi connectivity index (χ4v) is 6.10. The smallest absolute Gasteiger partial charge is 0.331 e. The van der Waals surface area contributed by atoms with Crippen LogP contribution in [-0.4, -0.2) is 135 Å². The van der Waals surface area contributed by atoms with Crippen molar-refractivity contribution >= 4 is 18.1 Å². The lowest BCUT2D eigenvalue weighted by atomic mass is 9.98. The highest BCUT2D eigenvalue weighted by molar-refractivity contribution is 5.87. The number of hydrogen-bond acceptors (Lipinski definition) is 17. The van der Waals surface area contributed by atoms with Crippen molar-refractivity contribution in [1.82, 2.24) is 0 Å². The molecule has 0 radical (unpaired) electrons. The molecule has 54 heavy (non-hydrogen) atoms. The Morgan fingerprint density at radius 1 is 0.759 bits per heavy atom. The number of aliphatic hydroxyl groups excluding tert-OH is 5. The zero-order valence-corrected chi connectivity index (χ0v) is 28.2. The van der Waals surface area contributed by atoms with Gasteiger partial charge in [-0.1, -0.05) is 6.07 Å². The number of aromatic hydroxyl groups is 7. The molecule has 6 rings (SSSR count). The first-order valence-electron chi connectivity index (χ1n) is 16.5. The van der Waals surface area contributed by atoms with Crippen LogP contribution < -0.4 is 0 Å². The number of ether oxygens (including phenoxy) is 6. The number of carbonyl (C=O) groups is 1. The summed E-state index contributed by atoms with van der Waals surface area (Å²) in [4.78, 5) is 12.5. The summed E-state index contributed by atoms with van der Waals surface area (Å²) in [6, 6.07) is 9.98. The van der Waals surface area contributed by atoms with Crippen LogP contribution in [0.5, 0.6) is 40.2 Å². The van der Waals surface area contributed by atoms with E-state index in [4.69, 9.17) is 23.7 Å². The van der Waals surface area contributed by atoms with Gasteiger partial charge in [0, 0.05) is 18.2 Å². The summed E-state index contributed by atoms with van der Waals surface area (Å²) in [5, 5.41) is 114. The van der Waals surface area contributed by atoms with E-state index in [2.05, 4.69) is 4.74 Å². The Labute approximate surface area is 305 Å². The maximum atomic E-state index is 12.5. The molecule has 0 aromatic heterocycles. The van der Waals surface area contributed by atoms with Gasteiger partial charge in [-0.25, -0.2) is 4.79 Å². The van der Waals surface area contributed by atoms with Crippen molar-refractivity contribution in [1.29, 1.82) is 0 Å². The molecule has 3 aliphatic rings. The van der Waals surface area contributed by atoms with Crippen LogP contribution in [0.1, 0.15) is 29.7 Å². The van der Waals surface area contributed by atoms with E-state index in [1.54, 1.807) is 0 Å². The van der Waals surface area contributed by atoms with Gasteiger partial charge in [0.25, 0.3) is 11.9 Å². The minimum absolute atomic E-state index is 0.0829. The summed E-state index contributed by atoms with van der Waals surface area (Å²) in [5.41, 5.74) is 0.737. The Morgan fingerprint density at radius 3 is 2.15 bits per heavy atom. The van der Waals surface area contributed by atoms with Gasteiger partial charge in [-0.15, -0.1) is 0 Å². The molecule has 3 aliphatic heterocycles. The lowest BCUT2D eigenvalue weighted by molar-refractivity contribution is -0.325. The summed E-state index contributed by atoms with van der Waals surface area (Å²) in [6.07, 6.45) is -13.6. The Bertz CT molecular complexity index is 1910. The van der Waals surface area contributed by atoms with Gasteiger partial charge in [0.1, 0.15) is 53.7 Å². The van der Waals surface area contributed by atoms with E-state index in [1.165, 1.54) is 61.5 Å². The second-order valence-corrected chi connectivity index (χ2v) is 12.9. The Kier molecular flexibility index (Phi) is 11.1. The molecule has 0 saturated carbocycles. The number of carbonyl (C=O) groups excluding carboxylic acids is 1. The summed E-state index contributed by atoms with van der Waals surface area (Å²) in [6.45, 7) is 0.839. The Balaban J connectivity index is 1.13. The van der Waals surface area contributed by atoms with Crippen LogP contribution in [0, 0.1) is 0 Å². The molecule has 0 spiro atoms. The highest BCUT2D eigenvalue weighted by Crippen LogP contribution is 2.46. The number of rotatable bonds is 9. The van der Waals surface area contributed by atoms with Gasteiger partial charge in [-0.3, -0.25) is 0 Å². The van der Waals surface area contributed by atoms with Gasteiger partial charge in [-0.2, -0.15) is 0 Å². The van der Waals surface area contributed by atoms with Crippen molar-refractivity contribution in [3.63, 3.8) is 0 Å².